The lowest BCUT2D eigenvalue weighted by Crippen LogP contribution is -1.88. The van der Waals surface area contributed by atoms with Gasteiger partial charge in [0.05, 0.1) is 17.7 Å². The summed E-state index contributed by atoms with van der Waals surface area (Å²) in [7, 11) is 1.59. The van der Waals surface area contributed by atoms with Gasteiger partial charge in [-0.2, -0.15) is 5.26 Å². The van der Waals surface area contributed by atoms with Gasteiger partial charge in [0.1, 0.15) is 11.8 Å². The van der Waals surface area contributed by atoms with Gasteiger partial charge >= 0.3 is 0 Å². The fourth-order valence-electron chi connectivity index (χ4n) is 1.57. The summed E-state index contributed by atoms with van der Waals surface area (Å²) in [4.78, 5) is 0.849. The van der Waals surface area contributed by atoms with Crippen LogP contribution in [0.1, 0.15) is 10.4 Å². The van der Waals surface area contributed by atoms with Crippen molar-refractivity contribution in [1.82, 2.24) is 0 Å². The first-order chi connectivity index (χ1) is 9.17. The van der Waals surface area contributed by atoms with E-state index >= 15 is 0 Å². The molecule has 96 valence electrons. The van der Waals surface area contributed by atoms with Gasteiger partial charge in [0.15, 0.2) is 0 Å². The third-order valence-corrected chi connectivity index (χ3v) is 4.48. The number of nitrogens with zero attached hydrogens (tertiary/aromatic N) is 1. The number of nitriles is 1. The van der Waals surface area contributed by atoms with Crippen LogP contribution in [0.2, 0.25) is 0 Å². The number of ether oxygens (including phenoxy) is 1. The first-order valence-corrected chi connectivity index (χ1v) is 7.40. The minimum absolute atomic E-state index is 0.413. The molecular formula is C14H9BrClNOS. The average molecular weight is 355 g/mol. The van der Waals surface area contributed by atoms with Crippen LogP contribution in [0.3, 0.4) is 0 Å². The van der Waals surface area contributed by atoms with E-state index in [9.17, 15) is 5.26 Å². The molecule has 1 heterocycles. The van der Waals surface area contributed by atoms with Crippen LogP contribution >= 0.6 is 38.9 Å². The van der Waals surface area contributed by atoms with Gasteiger partial charge in [-0.3, -0.25) is 0 Å². The van der Waals surface area contributed by atoms with Gasteiger partial charge in [-0.25, -0.2) is 0 Å². The third kappa shape index (κ3) is 3.01. The molecule has 1 aromatic heterocycles. The van der Waals surface area contributed by atoms with E-state index < -0.39 is 0 Å². The molecular weight excluding hydrogens is 346 g/mol. The Balaban J connectivity index is 2.59. The molecule has 0 saturated carbocycles. The van der Waals surface area contributed by atoms with Crippen molar-refractivity contribution in [2.24, 2.45) is 0 Å². The van der Waals surface area contributed by atoms with Crippen LogP contribution in [0.4, 0.5) is 0 Å². The van der Waals surface area contributed by atoms with E-state index in [1.807, 2.05) is 29.6 Å². The Kier molecular flexibility index (Phi) is 4.65. The highest BCUT2D eigenvalue weighted by atomic mass is 79.9. The highest BCUT2D eigenvalue weighted by Crippen LogP contribution is 2.36. The molecule has 0 aliphatic carbocycles. The van der Waals surface area contributed by atoms with Crippen LogP contribution in [0.15, 0.2) is 40.2 Å². The molecule has 0 N–H and O–H groups in total. The normalized spacial score (nSPS) is 11.7. The Bertz CT molecular complexity index is 659. The second kappa shape index (κ2) is 6.25. The Morgan fingerprint density at radius 3 is 2.79 bits per heavy atom. The van der Waals surface area contributed by atoms with Crippen LogP contribution in [0.25, 0.3) is 10.6 Å². The van der Waals surface area contributed by atoms with Crippen LogP contribution in [0, 0.1) is 11.3 Å². The molecule has 0 aliphatic rings. The maximum absolute atomic E-state index is 9.31. The molecule has 2 nitrogen and oxygen atoms in total. The zero-order valence-corrected chi connectivity index (χ0v) is 13.1. The van der Waals surface area contributed by atoms with E-state index in [4.69, 9.17) is 16.3 Å². The van der Waals surface area contributed by atoms with Crippen molar-refractivity contribution in [2.75, 3.05) is 7.11 Å². The van der Waals surface area contributed by atoms with Gasteiger partial charge < -0.3 is 4.74 Å². The van der Waals surface area contributed by atoms with E-state index in [-0.39, 0.29) is 0 Å². The first kappa shape index (κ1) is 14.1. The van der Waals surface area contributed by atoms with E-state index in [1.54, 1.807) is 13.2 Å². The predicted molar refractivity (Wildman–Crippen MR) is 83.3 cm³/mol. The summed E-state index contributed by atoms with van der Waals surface area (Å²) in [5.74, 6) is 0.694. The third-order valence-electron chi connectivity index (χ3n) is 2.51. The minimum atomic E-state index is 0.413. The number of methoxy groups -OCH3 is 1. The summed E-state index contributed by atoms with van der Waals surface area (Å²) in [6.07, 6.45) is 0. The van der Waals surface area contributed by atoms with Crippen molar-refractivity contribution in [3.63, 3.8) is 0 Å². The summed E-state index contributed by atoms with van der Waals surface area (Å²) < 4.78 is 6.00. The highest BCUT2D eigenvalue weighted by Gasteiger charge is 2.13. The fourth-order valence-corrected chi connectivity index (χ4v) is 3.21. The molecule has 2 aromatic rings. The average Bonchev–Trinajstić information content (AvgIpc) is 2.94. The molecule has 0 fully saturated rings. The Hall–Kier alpha value is -1.28. The quantitative estimate of drug-likeness (QED) is 0.714. The molecule has 0 atom stereocenters. The molecule has 0 amide bonds. The van der Waals surface area contributed by atoms with E-state index in [1.165, 1.54) is 11.3 Å². The van der Waals surface area contributed by atoms with Gasteiger partial charge in [0.25, 0.3) is 0 Å². The van der Waals surface area contributed by atoms with Crippen LogP contribution in [-0.2, 0) is 0 Å². The van der Waals surface area contributed by atoms with Gasteiger partial charge in [0.2, 0.25) is 0 Å². The van der Waals surface area contributed by atoms with E-state index in [2.05, 4.69) is 22.0 Å². The molecule has 19 heavy (non-hydrogen) atoms. The SMILES string of the molecule is COc1ccc(Br)c(C(Cl)=C(C#N)c2cccs2)c1. The predicted octanol–water partition coefficient (Wildman–Crippen LogP) is 5.15. The summed E-state index contributed by atoms with van der Waals surface area (Å²) in [6, 6.07) is 11.4. The second-order valence-corrected chi connectivity index (χ2v) is 5.80. The Morgan fingerprint density at radius 1 is 1.42 bits per heavy atom. The summed E-state index contributed by atoms with van der Waals surface area (Å²) in [5, 5.41) is 11.6. The van der Waals surface area contributed by atoms with Crippen LogP contribution < -0.4 is 4.74 Å². The van der Waals surface area contributed by atoms with Crippen LogP contribution in [-0.4, -0.2) is 7.11 Å². The van der Waals surface area contributed by atoms with Gasteiger partial charge in [-0.1, -0.05) is 33.6 Å². The number of hydrogen-bond donors (Lipinski definition) is 0. The monoisotopic (exact) mass is 353 g/mol. The lowest BCUT2D eigenvalue weighted by molar-refractivity contribution is 0.414. The number of benzene rings is 1. The summed E-state index contributed by atoms with van der Waals surface area (Å²) in [5.41, 5.74) is 1.21. The fraction of sp³-hybridized carbons (Fsp3) is 0.0714. The smallest absolute Gasteiger partial charge is 0.119 e. The topological polar surface area (TPSA) is 33.0 Å². The second-order valence-electron chi connectivity index (χ2n) is 3.62. The molecule has 0 spiro atoms. The summed E-state index contributed by atoms with van der Waals surface area (Å²) >= 11 is 11.3. The largest absolute Gasteiger partial charge is 0.497 e. The number of thiophene rings is 1. The summed E-state index contributed by atoms with van der Waals surface area (Å²) in [6.45, 7) is 0. The molecule has 0 unspecified atom stereocenters. The molecule has 1 aromatic carbocycles. The van der Waals surface area contributed by atoms with Crippen molar-refractivity contribution >= 4 is 49.5 Å². The molecule has 5 heteroatoms. The van der Waals surface area contributed by atoms with Gasteiger partial charge in [-0.05, 0) is 29.6 Å². The Labute approximate surface area is 129 Å². The molecule has 0 bridgehead atoms. The Morgan fingerprint density at radius 2 is 2.21 bits per heavy atom. The van der Waals surface area contributed by atoms with Crippen LogP contribution in [0.5, 0.6) is 5.75 Å². The zero-order chi connectivity index (χ0) is 13.8. The molecule has 0 aliphatic heterocycles. The molecule has 0 saturated heterocycles. The standard InChI is InChI=1S/C14H9BrClNOS/c1-18-9-4-5-12(15)10(7-9)14(16)11(8-17)13-3-2-6-19-13/h2-7H,1H3. The number of hydrogen-bond acceptors (Lipinski definition) is 3. The van der Waals surface area contributed by atoms with Crippen molar-refractivity contribution in [2.45, 2.75) is 0 Å². The first-order valence-electron chi connectivity index (χ1n) is 5.35. The number of allylic oxidation sites excluding steroid dienone is 1. The minimum Gasteiger partial charge on any atom is -0.497 e. The van der Waals surface area contributed by atoms with Crippen molar-refractivity contribution in [3.05, 3.63) is 50.6 Å². The number of halogens is 2. The van der Waals surface area contributed by atoms with Gasteiger partial charge in [0, 0.05) is 14.9 Å². The number of rotatable bonds is 3. The van der Waals surface area contributed by atoms with Gasteiger partial charge in [-0.15, -0.1) is 11.3 Å². The lowest BCUT2D eigenvalue weighted by atomic mass is 10.1. The highest BCUT2D eigenvalue weighted by molar-refractivity contribution is 9.10. The maximum atomic E-state index is 9.31. The van der Waals surface area contributed by atoms with E-state index in [0.29, 0.717) is 16.4 Å². The van der Waals surface area contributed by atoms with Crippen molar-refractivity contribution in [3.8, 4) is 11.8 Å². The van der Waals surface area contributed by atoms with E-state index in [0.717, 1.165) is 14.9 Å². The lowest BCUT2D eigenvalue weighted by Gasteiger charge is -2.08. The molecule has 0 radical (unpaired) electrons. The van der Waals surface area contributed by atoms with Crippen molar-refractivity contribution in [1.29, 1.82) is 5.26 Å². The maximum Gasteiger partial charge on any atom is 0.119 e. The molecule has 2 rings (SSSR count). The van der Waals surface area contributed by atoms with Crippen molar-refractivity contribution < 1.29 is 4.74 Å². The zero-order valence-electron chi connectivity index (χ0n) is 9.98.